The van der Waals surface area contributed by atoms with Crippen molar-refractivity contribution in [3.05, 3.63) is 10.8 Å². The summed E-state index contributed by atoms with van der Waals surface area (Å²) in [6.45, 7) is 3.51. The van der Waals surface area contributed by atoms with E-state index in [2.05, 4.69) is 15.3 Å². The average molecular weight is 306 g/mol. The monoisotopic (exact) mass is 306 g/mol. The van der Waals surface area contributed by atoms with Gasteiger partial charge in [-0.1, -0.05) is 25.2 Å². The third-order valence-electron chi connectivity index (χ3n) is 3.62. The number of alkyl halides is 3. The van der Waals surface area contributed by atoms with Crippen molar-refractivity contribution in [2.45, 2.75) is 25.9 Å². The summed E-state index contributed by atoms with van der Waals surface area (Å²) in [5, 5.41) is 19.8. The standard InChI is InChI=1S/C10H9F3N4O2S/c1-9(2)3(4(9)6(18)19)5-16-17-7(10(11,12)13)14-15-8(17)20-5/h3-4H,1-2H3,(H,18,19). The van der Waals surface area contributed by atoms with Crippen LogP contribution < -0.4 is 0 Å². The Morgan fingerprint density at radius 2 is 2.05 bits per heavy atom. The summed E-state index contributed by atoms with van der Waals surface area (Å²) in [6, 6.07) is 0. The van der Waals surface area contributed by atoms with Crippen LogP contribution in [-0.2, 0) is 11.0 Å². The van der Waals surface area contributed by atoms with E-state index < -0.39 is 35.2 Å². The number of halogens is 3. The summed E-state index contributed by atoms with van der Waals surface area (Å²) >= 11 is 0.943. The molecule has 0 radical (unpaired) electrons. The number of hydrogen-bond donors (Lipinski definition) is 1. The van der Waals surface area contributed by atoms with E-state index in [9.17, 15) is 18.0 Å². The lowest BCUT2D eigenvalue weighted by atomic mass is 10.1. The Morgan fingerprint density at radius 3 is 2.55 bits per heavy atom. The molecule has 1 aliphatic rings. The molecule has 1 aliphatic carbocycles. The first-order valence-electron chi connectivity index (χ1n) is 5.66. The molecule has 0 amide bonds. The van der Waals surface area contributed by atoms with Gasteiger partial charge in [-0.2, -0.15) is 22.8 Å². The topological polar surface area (TPSA) is 80.4 Å². The van der Waals surface area contributed by atoms with Crippen molar-refractivity contribution in [2.24, 2.45) is 11.3 Å². The molecule has 2 heterocycles. The van der Waals surface area contributed by atoms with E-state index >= 15 is 0 Å². The minimum absolute atomic E-state index is 0.0131. The van der Waals surface area contributed by atoms with Crippen LogP contribution in [0.5, 0.6) is 0 Å². The Balaban J connectivity index is 2.04. The molecule has 1 fully saturated rings. The Hall–Kier alpha value is -1.71. The zero-order valence-corrected chi connectivity index (χ0v) is 11.2. The van der Waals surface area contributed by atoms with Crippen molar-refractivity contribution in [1.82, 2.24) is 19.8 Å². The van der Waals surface area contributed by atoms with Gasteiger partial charge < -0.3 is 5.11 Å². The van der Waals surface area contributed by atoms with E-state index in [1.165, 1.54) is 0 Å². The van der Waals surface area contributed by atoms with Gasteiger partial charge in [0, 0.05) is 5.92 Å². The van der Waals surface area contributed by atoms with Crippen LogP contribution in [0.25, 0.3) is 4.96 Å². The van der Waals surface area contributed by atoms with Crippen LogP contribution in [0.15, 0.2) is 0 Å². The molecule has 108 valence electrons. The van der Waals surface area contributed by atoms with Crippen LogP contribution in [0.2, 0.25) is 0 Å². The molecule has 0 aliphatic heterocycles. The number of fused-ring (bicyclic) bond motifs is 1. The van der Waals surface area contributed by atoms with Crippen molar-refractivity contribution in [3.8, 4) is 0 Å². The maximum atomic E-state index is 12.7. The van der Waals surface area contributed by atoms with E-state index in [0.29, 0.717) is 9.52 Å². The Labute approximate surface area is 114 Å². The molecule has 2 atom stereocenters. The fraction of sp³-hybridized carbons (Fsp3) is 0.600. The summed E-state index contributed by atoms with van der Waals surface area (Å²) in [4.78, 5) is 11.1. The molecule has 0 saturated heterocycles. The molecule has 1 saturated carbocycles. The summed E-state index contributed by atoms with van der Waals surface area (Å²) in [6.07, 6.45) is -4.64. The molecule has 0 bridgehead atoms. The number of carboxylic acid groups (broad SMARTS) is 1. The van der Waals surface area contributed by atoms with Crippen LogP contribution in [0.4, 0.5) is 13.2 Å². The van der Waals surface area contributed by atoms with Gasteiger partial charge in [0.05, 0.1) is 5.92 Å². The SMILES string of the molecule is CC1(C)C(C(=O)O)C1c1nn2c(C(F)(F)F)nnc2s1. The molecule has 2 aromatic heterocycles. The molecule has 10 heteroatoms. The third-order valence-corrected chi connectivity index (χ3v) is 4.60. The van der Waals surface area contributed by atoms with Crippen molar-refractivity contribution in [3.63, 3.8) is 0 Å². The largest absolute Gasteiger partial charge is 0.481 e. The maximum Gasteiger partial charge on any atom is 0.453 e. The molecule has 0 aromatic carbocycles. The van der Waals surface area contributed by atoms with Gasteiger partial charge in [-0.15, -0.1) is 10.2 Å². The second-order valence-electron chi connectivity index (χ2n) is 5.27. The van der Waals surface area contributed by atoms with Gasteiger partial charge in [0.1, 0.15) is 5.01 Å². The number of carbonyl (C=O) groups is 1. The summed E-state index contributed by atoms with van der Waals surface area (Å²) < 4.78 is 38.7. The van der Waals surface area contributed by atoms with Crippen molar-refractivity contribution >= 4 is 22.3 Å². The Bertz CT molecular complexity index is 705. The van der Waals surface area contributed by atoms with Crippen molar-refractivity contribution < 1.29 is 23.1 Å². The summed E-state index contributed by atoms with van der Waals surface area (Å²) in [5.41, 5.74) is -0.520. The number of aromatic nitrogens is 4. The molecule has 6 nitrogen and oxygen atoms in total. The zero-order valence-electron chi connectivity index (χ0n) is 10.3. The highest BCUT2D eigenvalue weighted by atomic mass is 32.1. The average Bonchev–Trinajstić information content (AvgIpc) is 2.62. The van der Waals surface area contributed by atoms with E-state index in [1.807, 2.05) is 0 Å². The molecule has 1 N–H and O–H groups in total. The fourth-order valence-electron chi connectivity index (χ4n) is 2.49. The molecular weight excluding hydrogens is 297 g/mol. The smallest absolute Gasteiger partial charge is 0.453 e. The van der Waals surface area contributed by atoms with Crippen LogP contribution in [0.1, 0.15) is 30.6 Å². The molecule has 2 aromatic rings. The first kappa shape index (κ1) is 13.3. The first-order chi connectivity index (χ1) is 9.14. The maximum absolute atomic E-state index is 12.7. The van der Waals surface area contributed by atoms with Gasteiger partial charge in [0.25, 0.3) is 5.82 Å². The highest BCUT2D eigenvalue weighted by Crippen LogP contribution is 2.64. The second kappa shape index (κ2) is 3.68. The molecule has 0 spiro atoms. The minimum atomic E-state index is -4.64. The second-order valence-corrected chi connectivity index (χ2v) is 6.26. The number of carboxylic acids is 1. The zero-order chi connectivity index (χ0) is 14.9. The van der Waals surface area contributed by atoms with Gasteiger partial charge in [0.15, 0.2) is 0 Å². The summed E-state index contributed by atoms with van der Waals surface area (Å²) in [5.74, 6) is -3.20. The van der Waals surface area contributed by atoms with Crippen LogP contribution in [0, 0.1) is 11.3 Å². The van der Waals surface area contributed by atoms with Crippen LogP contribution in [-0.4, -0.2) is 30.9 Å². The Kier molecular flexibility index (Phi) is 2.45. The Morgan fingerprint density at radius 1 is 1.40 bits per heavy atom. The molecule has 3 rings (SSSR count). The molecular formula is C10H9F3N4O2S. The quantitative estimate of drug-likeness (QED) is 0.918. The lowest BCUT2D eigenvalue weighted by molar-refractivity contribution is -0.146. The fourth-order valence-corrected chi connectivity index (χ4v) is 3.67. The predicted octanol–water partition coefficient (Wildman–Crippen LogP) is 2.03. The molecule has 20 heavy (non-hydrogen) atoms. The van der Waals surface area contributed by atoms with Crippen LogP contribution in [0.3, 0.4) is 0 Å². The van der Waals surface area contributed by atoms with Gasteiger partial charge >= 0.3 is 12.1 Å². The summed E-state index contributed by atoms with van der Waals surface area (Å²) in [7, 11) is 0. The third kappa shape index (κ3) is 1.70. The van der Waals surface area contributed by atoms with Gasteiger partial charge in [-0.25, -0.2) is 0 Å². The lowest BCUT2D eigenvalue weighted by Gasteiger charge is -2.00. The van der Waals surface area contributed by atoms with E-state index in [1.54, 1.807) is 13.8 Å². The number of rotatable bonds is 2. The van der Waals surface area contributed by atoms with E-state index in [0.717, 1.165) is 11.3 Å². The van der Waals surface area contributed by atoms with E-state index in [4.69, 9.17) is 5.11 Å². The predicted molar refractivity (Wildman–Crippen MR) is 61.3 cm³/mol. The van der Waals surface area contributed by atoms with Crippen molar-refractivity contribution in [1.29, 1.82) is 0 Å². The number of nitrogens with zero attached hydrogens (tertiary/aromatic N) is 4. The van der Waals surface area contributed by atoms with Crippen LogP contribution >= 0.6 is 11.3 Å². The number of aliphatic carboxylic acids is 1. The number of hydrogen-bond acceptors (Lipinski definition) is 5. The highest BCUT2D eigenvalue weighted by molar-refractivity contribution is 7.16. The minimum Gasteiger partial charge on any atom is -0.481 e. The van der Waals surface area contributed by atoms with E-state index in [-0.39, 0.29) is 4.96 Å². The lowest BCUT2D eigenvalue weighted by Crippen LogP contribution is -2.11. The van der Waals surface area contributed by atoms with Gasteiger partial charge in [0.2, 0.25) is 4.96 Å². The van der Waals surface area contributed by atoms with Gasteiger partial charge in [-0.3, -0.25) is 4.79 Å². The molecule has 2 unspecified atom stereocenters. The van der Waals surface area contributed by atoms with Crippen molar-refractivity contribution in [2.75, 3.05) is 0 Å². The van der Waals surface area contributed by atoms with Gasteiger partial charge in [-0.05, 0) is 5.41 Å². The first-order valence-corrected chi connectivity index (χ1v) is 6.48. The normalized spacial score (nSPS) is 25.1. The highest BCUT2D eigenvalue weighted by Gasteiger charge is 2.64.